The third-order valence-corrected chi connectivity index (χ3v) is 7.29. The van der Waals surface area contributed by atoms with Crippen LogP contribution < -0.4 is 14.8 Å². The number of nitrogens with zero attached hydrogens (tertiary/aromatic N) is 1. The Kier molecular flexibility index (Phi) is 8.77. The van der Waals surface area contributed by atoms with Crippen LogP contribution in [0.5, 0.6) is 11.5 Å². The Bertz CT molecular complexity index is 1420. The fourth-order valence-corrected chi connectivity index (χ4v) is 5.50. The summed E-state index contributed by atoms with van der Waals surface area (Å²) in [6.45, 7) is 1.97. The van der Waals surface area contributed by atoms with Crippen LogP contribution in [-0.4, -0.2) is 25.6 Å². The van der Waals surface area contributed by atoms with Crippen molar-refractivity contribution >= 4 is 34.3 Å². The molecule has 1 N–H and O–H groups in total. The summed E-state index contributed by atoms with van der Waals surface area (Å²) < 4.78 is 30.3. The number of methoxy groups -OCH3 is 1. The van der Waals surface area contributed by atoms with E-state index in [4.69, 9.17) is 14.2 Å². The van der Waals surface area contributed by atoms with Crippen LogP contribution in [0, 0.1) is 17.1 Å². The first-order chi connectivity index (χ1) is 18.4. The van der Waals surface area contributed by atoms with Gasteiger partial charge in [0.15, 0.2) is 11.5 Å². The Morgan fingerprint density at radius 3 is 2.68 bits per heavy atom. The van der Waals surface area contributed by atoms with Gasteiger partial charge in [-0.3, -0.25) is 4.79 Å². The second kappa shape index (κ2) is 12.4. The summed E-state index contributed by atoms with van der Waals surface area (Å²) in [4.78, 5) is 26.8. The number of rotatable bonds is 9. The highest BCUT2D eigenvalue weighted by atomic mass is 32.1. The van der Waals surface area contributed by atoms with Gasteiger partial charge in [-0.1, -0.05) is 24.3 Å². The van der Waals surface area contributed by atoms with Crippen molar-refractivity contribution in [3.05, 3.63) is 81.0 Å². The Morgan fingerprint density at radius 1 is 1.16 bits per heavy atom. The van der Waals surface area contributed by atoms with Gasteiger partial charge in [-0.25, -0.2) is 9.18 Å². The molecule has 0 atom stereocenters. The highest BCUT2D eigenvalue weighted by molar-refractivity contribution is 7.17. The standard InChI is InChI=1S/C29H27FN2O5S/c1-3-36-29(34)26-21-9-5-7-11-25(21)38-28(26)32-27(33)20(16-31)14-18-12-13-23(24(15-18)35-2)37-17-19-8-4-6-10-22(19)30/h4,6,8,10,12-15H,3,5,7,9,11,17H2,1-2H3,(H,32,33)/b20-14+. The molecule has 0 saturated carbocycles. The van der Waals surface area contributed by atoms with Crippen LogP contribution in [0.15, 0.2) is 48.0 Å². The summed E-state index contributed by atoms with van der Waals surface area (Å²) in [5.41, 5.74) is 2.10. The molecule has 1 heterocycles. The smallest absolute Gasteiger partial charge is 0.341 e. The summed E-state index contributed by atoms with van der Waals surface area (Å²) in [6, 6.07) is 13.2. The third-order valence-electron chi connectivity index (χ3n) is 6.08. The molecule has 4 rings (SSSR count). The number of esters is 1. The molecular formula is C29H27FN2O5S. The van der Waals surface area contributed by atoms with Gasteiger partial charge in [0.2, 0.25) is 0 Å². The van der Waals surface area contributed by atoms with Gasteiger partial charge in [-0.2, -0.15) is 5.26 Å². The SMILES string of the molecule is CCOC(=O)c1c(NC(=O)/C(C#N)=C/c2ccc(OCc3ccccc3F)c(OC)c2)sc2c1CCCC2. The van der Waals surface area contributed by atoms with Gasteiger partial charge in [0.1, 0.15) is 29.1 Å². The quantitative estimate of drug-likeness (QED) is 0.203. The monoisotopic (exact) mass is 534 g/mol. The van der Waals surface area contributed by atoms with Crippen molar-refractivity contribution in [3.63, 3.8) is 0 Å². The van der Waals surface area contributed by atoms with Crippen molar-refractivity contribution in [2.24, 2.45) is 0 Å². The normalized spacial score (nSPS) is 12.7. The van der Waals surface area contributed by atoms with E-state index in [2.05, 4.69) is 5.32 Å². The minimum Gasteiger partial charge on any atom is -0.493 e. The van der Waals surface area contributed by atoms with Gasteiger partial charge in [0.05, 0.1) is 19.3 Å². The van der Waals surface area contributed by atoms with E-state index in [0.717, 1.165) is 36.1 Å². The Labute approximate surface area is 224 Å². The van der Waals surface area contributed by atoms with E-state index < -0.39 is 11.9 Å². The number of benzene rings is 2. The zero-order valence-electron chi connectivity index (χ0n) is 21.1. The van der Waals surface area contributed by atoms with E-state index in [9.17, 15) is 19.2 Å². The molecule has 0 saturated heterocycles. The van der Waals surface area contributed by atoms with Gasteiger partial charge in [-0.05, 0) is 68.0 Å². The molecular weight excluding hydrogens is 507 g/mol. The molecule has 1 aliphatic carbocycles. The van der Waals surface area contributed by atoms with E-state index >= 15 is 0 Å². The second-order valence-electron chi connectivity index (χ2n) is 8.55. The van der Waals surface area contributed by atoms with Crippen LogP contribution in [0.2, 0.25) is 0 Å². The number of carbonyl (C=O) groups excluding carboxylic acids is 2. The lowest BCUT2D eigenvalue weighted by atomic mass is 9.95. The maximum absolute atomic E-state index is 13.9. The number of nitrogens with one attached hydrogen (secondary N) is 1. The predicted octanol–water partition coefficient (Wildman–Crippen LogP) is 6.08. The molecule has 38 heavy (non-hydrogen) atoms. The zero-order chi connectivity index (χ0) is 27.1. The number of fused-ring (bicyclic) bond motifs is 1. The van der Waals surface area contributed by atoms with Gasteiger partial charge < -0.3 is 19.5 Å². The topological polar surface area (TPSA) is 97.7 Å². The number of hydrogen-bond acceptors (Lipinski definition) is 7. The molecule has 196 valence electrons. The van der Waals surface area contributed by atoms with Gasteiger partial charge >= 0.3 is 5.97 Å². The molecule has 9 heteroatoms. The number of amides is 1. The Balaban J connectivity index is 1.54. The van der Waals surface area contributed by atoms with E-state index in [1.165, 1.54) is 30.6 Å². The molecule has 0 radical (unpaired) electrons. The van der Waals surface area contributed by atoms with Crippen molar-refractivity contribution < 1.29 is 28.2 Å². The maximum atomic E-state index is 13.9. The minimum absolute atomic E-state index is 0.0116. The largest absolute Gasteiger partial charge is 0.493 e. The van der Waals surface area contributed by atoms with E-state index in [-0.39, 0.29) is 24.6 Å². The number of hydrogen-bond donors (Lipinski definition) is 1. The predicted molar refractivity (Wildman–Crippen MR) is 143 cm³/mol. The average molecular weight is 535 g/mol. The first kappa shape index (κ1) is 26.9. The number of ether oxygens (including phenoxy) is 3. The number of anilines is 1. The minimum atomic E-state index is -0.629. The van der Waals surface area contributed by atoms with Crippen molar-refractivity contribution in [2.45, 2.75) is 39.2 Å². The number of thiophene rings is 1. The molecule has 3 aromatic rings. The summed E-state index contributed by atoms with van der Waals surface area (Å²) in [5, 5.41) is 12.9. The zero-order valence-corrected chi connectivity index (χ0v) is 22.0. The molecule has 2 aromatic carbocycles. The summed E-state index contributed by atoms with van der Waals surface area (Å²) in [7, 11) is 1.46. The lowest BCUT2D eigenvalue weighted by Gasteiger charge is -2.12. The fourth-order valence-electron chi connectivity index (χ4n) is 4.22. The molecule has 1 amide bonds. The molecule has 0 fully saturated rings. The molecule has 0 aliphatic heterocycles. The molecule has 1 aromatic heterocycles. The van der Waals surface area contributed by atoms with Crippen LogP contribution in [0.3, 0.4) is 0 Å². The first-order valence-corrected chi connectivity index (χ1v) is 13.1. The van der Waals surface area contributed by atoms with E-state index in [0.29, 0.717) is 33.2 Å². The number of carbonyl (C=O) groups is 2. The Hall–Kier alpha value is -4.16. The summed E-state index contributed by atoms with van der Waals surface area (Å²) in [6.07, 6.45) is 5.01. The summed E-state index contributed by atoms with van der Waals surface area (Å²) >= 11 is 1.36. The third kappa shape index (κ3) is 6.03. The molecule has 1 aliphatic rings. The summed E-state index contributed by atoms with van der Waals surface area (Å²) in [5.74, 6) is -0.716. The van der Waals surface area contributed by atoms with E-state index in [1.807, 2.05) is 6.07 Å². The van der Waals surface area contributed by atoms with Crippen LogP contribution in [0.25, 0.3) is 6.08 Å². The van der Waals surface area contributed by atoms with Crippen LogP contribution in [-0.2, 0) is 29.0 Å². The maximum Gasteiger partial charge on any atom is 0.341 e. The number of aryl methyl sites for hydroxylation is 1. The van der Waals surface area contributed by atoms with Gasteiger partial charge in [0, 0.05) is 10.4 Å². The highest BCUT2D eigenvalue weighted by Gasteiger charge is 2.27. The van der Waals surface area contributed by atoms with Crippen molar-refractivity contribution in [3.8, 4) is 17.6 Å². The molecule has 0 spiro atoms. The first-order valence-electron chi connectivity index (χ1n) is 12.2. The number of nitriles is 1. The average Bonchev–Trinajstić information content (AvgIpc) is 3.29. The van der Waals surface area contributed by atoms with Gasteiger partial charge in [-0.15, -0.1) is 11.3 Å². The lowest BCUT2D eigenvalue weighted by Crippen LogP contribution is -2.16. The lowest BCUT2D eigenvalue weighted by molar-refractivity contribution is -0.112. The molecule has 0 unspecified atom stereocenters. The van der Waals surface area contributed by atoms with Crippen LogP contribution >= 0.6 is 11.3 Å². The fraction of sp³-hybridized carbons (Fsp3) is 0.276. The molecule has 0 bridgehead atoms. The van der Waals surface area contributed by atoms with Crippen molar-refractivity contribution in [2.75, 3.05) is 19.0 Å². The second-order valence-corrected chi connectivity index (χ2v) is 9.65. The highest BCUT2D eigenvalue weighted by Crippen LogP contribution is 2.39. The Morgan fingerprint density at radius 2 is 1.95 bits per heavy atom. The van der Waals surface area contributed by atoms with Crippen molar-refractivity contribution in [1.82, 2.24) is 0 Å². The van der Waals surface area contributed by atoms with E-state index in [1.54, 1.807) is 43.3 Å². The van der Waals surface area contributed by atoms with Gasteiger partial charge in [0.25, 0.3) is 5.91 Å². The van der Waals surface area contributed by atoms with Crippen molar-refractivity contribution in [1.29, 1.82) is 5.26 Å². The van der Waals surface area contributed by atoms with Crippen LogP contribution in [0.4, 0.5) is 9.39 Å². The van der Waals surface area contributed by atoms with Crippen LogP contribution in [0.1, 0.15) is 51.7 Å². The number of halogens is 1. The molecule has 7 nitrogen and oxygen atoms in total.